The number of benzene rings is 2. The van der Waals surface area contributed by atoms with Crippen molar-refractivity contribution in [1.82, 2.24) is 0 Å². The van der Waals surface area contributed by atoms with Crippen LogP contribution in [0.15, 0.2) is 46.9 Å². The molecule has 0 saturated carbocycles. The van der Waals surface area contributed by atoms with Gasteiger partial charge in [-0.3, -0.25) is 4.79 Å². The monoisotopic (exact) mass is 418 g/mol. The second-order valence-electron chi connectivity index (χ2n) is 3.84. The van der Waals surface area contributed by atoms with Crippen molar-refractivity contribution in [2.24, 2.45) is 0 Å². The van der Waals surface area contributed by atoms with Gasteiger partial charge in [-0.1, -0.05) is 28.1 Å². The minimum absolute atomic E-state index is 0.0753. The van der Waals surface area contributed by atoms with Crippen LogP contribution >= 0.6 is 38.5 Å². The van der Waals surface area contributed by atoms with Gasteiger partial charge in [-0.25, -0.2) is 4.39 Å². The minimum Gasteiger partial charge on any atom is -0.294 e. The highest BCUT2D eigenvalue weighted by Crippen LogP contribution is 2.18. The lowest BCUT2D eigenvalue weighted by Gasteiger charge is -2.04. The Morgan fingerprint density at radius 3 is 2.50 bits per heavy atom. The predicted octanol–water partition coefficient (Wildman–Crippen LogP) is 4.62. The number of hydrogen-bond acceptors (Lipinski definition) is 1. The second kappa shape index (κ2) is 5.93. The molecule has 2 aromatic rings. The SMILES string of the molecule is O=C(Cc1cc(Br)ccc1F)c1ccc(I)cc1. The van der Waals surface area contributed by atoms with E-state index < -0.39 is 0 Å². The average Bonchev–Trinajstić information content (AvgIpc) is 2.34. The topological polar surface area (TPSA) is 17.1 Å². The van der Waals surface area contributed by atoms with E-state index in [-0.39, 0.29) is 18.0 Å². The van der Waals surface area contributed by atoms with Crippen LogP contribution in [0.5, 0.6) is 0 Å². The fourth-order valence-electron chi connectivity index (χ4n) is 1.59. The number of carbonyl (C=O) groups excluding carboxylic acids is 1. The molecule has 1 nitrogen and oxygen atoms in total. The summed E-state index contributed by atoms with van der Waals surface area (Å²) in [5.41, 5.74) is 1.02. The van der Waals surface area contributed by atoms with Crippen LogP contribution in [0.25, 0.3) is 0 Å². The van der Waals surface area contributed by atoms with Crippen molar-refractivity contribution >= 4 is 44.3 Å². The van der Waals surface area contributed by atoms with Crippen LogP contribution < -0.4 is 0 Å². The van der Waals surface area contributed by atoms with Crippen molar-refractivity contribution in [3.63, 3.8) is 0 Å². The molecule has 0 saturated heterocycles. The smallest absolute Gasteiger partial charge is 0.167 e. The van der Waals surface area contributed by atoms with Crippen molar-refractivity contribution in [1.29, 1.82) is 0 Å². The predicted molar refractivity (Wildman–Crippen MR) is 81.3 cm³/mol. The van der Waals surface area contributed by atoms with E-state index >= 15 is 0 Å². The van der Waals surface area contributed by atoms with Gasteiger partial charge >= 0.3 is 0 Å². The summed E-state index contributed by atoms with van der Waals surface area (Å²) in [7, 11) is 0. The van der Waals surface area contributed by atoms with E-state index in [9.17, 15) is 9.18 Å². The molecule has 0 fully saturated rings. The Morgan fingerprint density at radius 2 is 1.83 bits per heavy atom. The van der Waals surface area contributed by atoms with Gasteiger partial charge in [0.1, 0.15) is 5.82 Å². The molecule has 2 rings (SSSR count). The minimum atomic E-state index is -0.350. The highest BCUT2D eigenvalue weighted by Gasteiger charge is 2.10. The van der Waals surface area contributed by atoms with Gasteiger partial charge in [0.2, 0.25) is 0 Å². The second-order valence-corrected chi connectivity index (χ2v) is 6.00. The van der Waals surface area contributed by atoms with Crippen LogP contribution in [0.2, 0.25) is 0 Å². The van der Waals surface area contributed by atoms with Crippen LogP contribution in [-0.4, -0.2) is 5.78 Å². The summed E-state index contributed by atoms with van der Waals surface area (Å²) >= 11 is 5.45. The highest BCUT2D eigenvalue weighted by atomic mass is 127. The molecule has 0 N–H and O–H groups in total. The summed E-state index contributed by atoms with van der Waals surface area (Å²) in [6.07, 6.45) is 0.0753. The molecule has 0 aliphatic carbocycles. The van der Waals surface area contributed by atoms with Gasteiger partial charge in [-0.05, 0) is 58.5 Å². The molecule has 4 heteroatoms. The third kappa shape index (κ3) is 3.38. The maximum absolute atomic E-state index is 13.5. The number of carbonyl (C=O) groups is 1. The lowest BCUT2D eigenvalue weighted by Crippen LogP contribution is -2.05. The number of hydrogen-bond donors (Lipinski definition) is 0. The first-order valence-corrected chi connectivity index (χ1v) is 7.16. The fourth-order valence-corrected chi connectivity index (χ4v) is 2.36. The van der Waals surface area contributed by atoms with Crippen LogP contribution in [-0.2, 0) is 6.42 Å². The van der Waals surface area contributed by atoms with Crippen LogP contribution in [0.3, 0.4) is 0 Å². The maximum atomic E-state index is 13.5. The van der Waals surface area contributed by atoms with Crippen LogP contribution in [0.1, 0.15) is 15.9 Å². The van der Waals surface area contributed by atoms with Gasteiger partial charge in [0.05, 0.1) is 0 Å². The molecule has 0 aliphatic rings. The molecule has 18 heavy (non-hydrogen) atoms. The molecule has 92 valence electrons. The summed E-state index contributed by atoms with van der Waals surface area (Å²) < 4.78 is 15.4. The molecular weight excluding hydrogens is 410 g/mol. The van der Waals surface area contributed by atoms with E-state index in [2.05, 4.69) is 38.5 Å². The summed E-state index contributed by atoms with van der Waals surface area (Å²) in [5.74, 6) is -0.430. The Kier molecular flexibility index (Phi) is 4.50. The van der Waals surface area contributed by atoms with E-state index in [4.69, 9.17) is 0 Å². The lowest BCUT2D eigenvalue weighted by molar-refractivity contribution is 0.0992. The molecule has 0 radical (unpaired) electrons. The Bertz CT molecular complexity index is 581. The summed E-state index contributed by atoms with van der Waals surface area (Å²) in [4.78, 5) is 12.0. The molecule has 0 spiro atoms. The van der Waals surface area contributed by atoms with E-state index in [0.717, 1.165) is 8.04 Å². The van der Waals surface area contributed by atoms with Gasteiger partial charge in [0.15, 0.2) is 5.78 Å². The standard InChI is InChI=1S/C14H9BrFIO/c15-11-3-6-13(16)10(7-11)8-14(18)9-1-4-12(17)5-2-9/h1-7H,8H2. The highest BCUT2D eigenvalue weighted by molar-refractivity contribution is 14.1. The normalized spacial score (nSPS) is 10.4. The molecule has 0 amide bonds. The van der Waals surface area contributed by atoms with Crippen molar-refractivity contribution in [2.75, 3.05) is 0 Å². The Hall–Kier alpha value is -0.750. The Morgan fingerprint density at radius 1 is 1.17 bits per heavy atom. The zero-order valence-corrected chi connectivity index (χ0v) is 13.0. The van der Waals surface area contributed by atoms with Crippen molar-refractivity contribution in [3.8, 4) is 0 Å². The lowest BCUT2D eigenvalue weighted by atomic mass is 10.0. The van der Waals surface area contributed by atoms with E-state index in [1.807, 2.05) is 12.1 Å². The zero-order chi connectivity index (χ0) is 13.1. The van der Waals surface area contributed by atoms with Crippen LogP contribution in [0.4, 0.5) is 4.39 Å². The van der Waals surface area contributed by atoms with Crippen LogP contribution in [0, 0.1) is 9.39 Å². The quantitative estimate of drug-likeness (QED) is 0.525. The third-order valence-corrected chi connectivity index (χ3v) is 3.74. The number of ketones is 1. The average molecular weight is 419 g/mol. The first kappa shape index (κ1) is 13.7. The number of rotatable bonds is 3. The van der Waals surface area contributed by atoms with E-state index in [1.165, 1.54) is 6.07 Å². The van der Waals surface area contributed by atoms with Gasteiger partial charge in [-0.2, -0.15) is 0 Å². The van der Waals surface area contributed by atoms with Gasteiger partial charge < -0.3 is 0 Å². The molecule has 0 atom stereocenters. The van der Waals surface area contributed by atoms with Crippen molar-refractivity contribution in [2.45, 2.75) is 6.42 Å². The van der Waals surface area contributed by atoms with E-state index in [1.54, 1.807) is 24.3 Å². The molecule has 0 aliphatic heterocycles. The first-order chi connectivity index (χ1) is 8.56. The summed E-state index contributed by atoms with van der Waals surface area (Å²) in [6, 6.07) is 11.9. The first-order valence-electron chi connectivity index (χ1n) is 5.29. The van der Waals surface area contributed by atoms with Gasteiger partial charge in [0.25, 0.3) is 0 Å². The molecule has 0 unspecified atom stereocenters. The molecule has 2 aromatic carbocycles. The Balaban J connectivity index is 2.21. The van der Waals surface area contributed by atoms with E-state index in [0.29, 0.717) is 11.1 Å². The van der Waals surface area contributed by atoms with Gasteiger partial charge in [0, 0.05) is 20.0 Å². The molecular formula is C14H9BrFIO. The maximum Gasteiger partial charge on any atom is 0.167 e. The number of Topliss-reactive ketones (excluding diaryl/α,β-unsaturated/α-hetero) is 1. The van der Waals surface area contributed by atoms with Gasteiger partial charge in [-0.15, -0.1) is 0 Å². The summed E-state index contributed by atoms with van der Waals surface area (Å²) in [5, 5.41) is 0. The largest absolute Gasteiger partial charge is 0.294 e. The number of halogens is 3. The molecule has 0 heterocycles. The zero-order valence-electron chi connectivity index (χ0n) is 9.29. The summed E-state index contributed by atoms with van der Waals surface area (Å²) in [6.45, 7) is 0. The fraction of sp³-hybridized carbons (Fsp3) is 0.0714. The molecule has 0 aromatic heterocycles. The Labute approximate surface area is 127 Å². The third-order valence-electron chi connectivity index (χ3n) is 2.52. The molecule has 0 bridgehead atoms. The van der Waals surface area contributed by atoms with Crippen molar-refractivity contribution < 1.29 is 9.18 Å². The van der Waals surface area contributed by atoms with Crippen molar-refractivity contribution in [3.05, 3.63) is 67.5 Å².